The summed E-state index contributed by atoms with van der Waals surface area (Å²) in [7, 11) is -0.00750. The quantitative estimate of drug-likeness (QED) is 0.607. The van der Waals surface area contributed by atoms with Crippen LogP contribution in [0.2, 0.25) is 0 Å². The summed E-state index contributed by atoms with van der Waals surface area (Å²) in [5, 5.41) is 21.3. The highest BCUT2D eigenvalue weighted by atomic mass is 32.3. The number of nitrogens with zero attached hydrogens (tertiary/aromatic N) is 1. The van der Waals surface area contributed by atoms with Crippen LogP contribution in [0.5, 0.6) is 23.0 Å². The normalized spacial score (nSPS) is 13.3. The van der Waals surface area contributed by atoms with Crippen molar-refractivity contribution in [1.82, 2.24) is 3.71 Å². The van der Waals surface area contributed by atoms with Gasteiger partial charge in [0.1, 0.15) is 5.41 Å². The first-order valence-corrected chi connectivity index (χ1v) is 10.8. The summed E-state index contributed by atoms with van der Waals surface area (Å²) < 4.78 is 47.8. The van der Waals surface area contributed by atoms with Gasteiger partial charge in [0, 0.05) is 0 Å². The highest BCUT2D eigenvalue weighted by Gasteiger charge is 2.25. The minimum Gasteiger partial charge on any atom is -0.592 e. The molecular formula is C19H21NO7S2. The Hall–Kier alpha value is -2.66. The Morgan fingerprint density at radius 3 is 1.93 bits per heavy atom. The number of phenolic OH excluding ortho intramolecular Hbond substituents is 2. The van der Waals surface area contributed by atoms with Crippen molar-refractivity contribution in [1.29, 1.82) is 0 Å². The molecule has 0 saturated carbocycles. The molecule has 10 heteroatoms. The summed E-state index contributed by atoms with van der Waals surface area (Å²) in [5.41, 5.74) is 1.06. The Morgan fingerprint density at radius 1 is 0.966 bits per heavy atom. The van der Waals surface area contributed by atoms with E-state index < -0.39 is 21.4 Å². The Kier molecular flexibility index (Phi) is 7.57. The zero-order chi connectivity index (χ0) is 21.6. The van der Waals surface area contributed by atoms with Crippen molar-refractivity contribution in [3.63, 3.8) is 0 Å². The maximum Gasteiger partial charge on any atom is 0.275 e. The number of hydrogen-bond acceptors (Lipinski definition) is 7. The van der Waals surface area contributed by atoms with Gasteiger partial charge in [0.2, 0.25) is 0 Å². The predicted octanol–water partition coefficient (Wildman–Crippen LogP) is 2.68. The molecule has 1 unspecified atom stereocenters. The van der Waals surface area contributed by atoms with Crippen molar-refractivity contribution in [3.8, 4) is 23.0 Å². The Balaban J connectivity index is 2.13. The second-order valence-corrected chi connectivity index (χ2v) is 9.15. The minimum absolute atomic E-state index is 0.0403. The lowest BCUT2D eigenvalue weighted by atomic mass is 10.2. The SMILES string of the molecule is COc1cc(/C=C\[S+]([O-])N(C)S(=O)(=O)/C=C/c2ccc(O)c(OC)c2)ccc1O. The third kappa shape index (κ3) is 5.91. The second kappa shape index (κ2) is 9.70. The third-order valence-corrected chi connectivity index (χ3v) is 6.97. The summed E-state index contributed by atoms with van der Waals surface area (Å²) in [6.07, 6.45) is 2.76. The fraction of sp³-hybridized carbons (Fsp3) is 0.158. The van der Waals surface area contributed by atoms with Gasteiger partial charge in [0.05, 0.1) is 38.0 Å². The van der Waals surface area contributed by atoms with Crippen LogP contribution in [0.3, 0.4) is 0 Å². The van der Waals surface area contributed by atoms with Gasteiger partial charge in [-0.25, -0.2) is 8.42 Å². The molecular weight excluding hydrogens is 418 g/mol. The van der Waals surface area contributed by atoms with Crippen LogP contribution in [-0.4, -0.2) is 48.2 Å². The molecule has 2 aromatic carbocycles. The van der Waals surface area contributed by atoms with Crippen LogP contribution in [0.4, 0.5) is 0 Å². The highest BCUT2D eigenvalue weighted by Crippen LogP contribution is 2.28. The summed E-state index contributed by atoms with van der Waals surface area (Å²) in [4.78, 5) is 0. The summed E-state index contributed by atoms with van der Waals surface area (Å²) >= 11 is -1.97. The van der Waals surface area contributed by atoms with Gasteiger partial charge in [-0.3, -0.25) is 0 Å². The first-order valence-electron chi connectivity index (χ1n) is 8.18. The average molecular weight is 440 g/mol. The zero-order valence-electron chi connectivity index (χ0n) is 16.0. The van der Waals surface area contributed by atoms with Gasteiger partial charge in [0.25, 0.3) is 10.0 Å². The Labute approximate surface area is 172 Å². The number of ether oxygens (including phenoxy) is 2. The molecule has 2 rings (SSSR count). The van der Waals surface area contributed by atoms with E-state index in [1.807, 2.05) is 0 Å². The number of sulfonamides is 1. The van der Waals surface area contributed by atoms with Crippen LogP contribution in [0.15, 0.2) is 47.2 Å². The van der Waals surface area contributed by atoms with Gasteiger partial charge in [0.15, 0.2) is 23.0 Å². The molecule has 1 atom stereocenters. The van der Waals surface area contributed by atoms with E-state index >= 15 is 0 Å². The van der Waals surface area contributed by atoms with Gasteiger partial charge >= 0.3 is 0 Å². The van der Waals surface area contributed by atoms with Crippen molar-refractivity contribution < 1.29 is 32.7 Å². The Bertz CT molecular complexity index is 1020. The molecule has 0 aliphatic carbocycles. The van der Waals surface area contributed by atoms with Crippen LogP contribution >= 0.6 is 0 Å². The molecule has 0 aliphatic heterocycles. The molecule has 0 saturated heterocycles. The summed E-state index contributed by atoms with van der Waals surface area (Å²) in [6.45, 7) is 0. The third-order valence-electron chi connectivity index (χ3n) is 3.83. The van der Waals surface area contributed by atoms with Crippen LogP contribution in [-0.2, 0) is 21.4 Å². The van der Waals surface area contributed by atoms with Gasteiger partial charge in [-0.05, 0) is 51.3 Å². The lowest BCUT2D eigenvalue weighted by molar-refractivity contribution is 0.373. The first kappa shape index (κ1) is 22.6. The number of aromatic hydroxyl groups is 2. The maximum absolute atomic E-state index is 12.4. The van der Waals surface area contributed by atoms with Crippen molar-refractivity contribution in [3.05, 3.63) is 58.3 Å². The second-order valence-electron chi connectivity index (χ2n) is 5.70. The highest BCUT2D eigenvalue weighted by molar-refractivity contribution is 8.06. The number of benzene rings is 2. The van der Waals surface area contributed by atoms with E-state index in [1.54, 1.807) is 6.07 Å². The van der Waals surface area contributed by atoms with E-state index in [0.29, 0.717) is 14.8 Å². The van der Waals surface area contributed by atoms with E-state index in [0.717, 1.165) is 5.41 Å². The predicted molar refractivity (Wildman–Crippen MR) is 112 cm³/mol. The number of rotatable bonds is 8. The molecule has 29 heavy (non-hydrogen) atoms. The van der Waals surface area contributed by atoms with Gasteiger partial charge in [-0.15, -0.1) is 0 Å². The molecule has 8 nitrogen and oxygen atoms in total. The number of methoxy groups -OCH3 is 2. The summed E-state index contributed by atoms with van der Waals surface area (Å²) in [5.74, 6) is 0.336. The molecule has 0 bridgehead atoms. The lowest BCUT2D eigenvalue weighted by Gasteiger charge is -2.15. The monoisotopic (exact) mass is 439 g/mol. The van der Waals surface area contributed by atoms with E-state index in [4.69, 9.17) is 9.47 Å². The molecule has 0 heterocycles. The van der Waals surface area contributed by atoms with Crippen LogP contribution in [0.1, 0.15) is 11.1 Å². The fourth-order valence-corrected chi connectivity index (χ4v) is 4.23. The van der Waals surface area contributed by atoms with E-state index in [2.05, 4.69) is 0 Å². The topological polar surface area (TPSA) is 119 Å². The first-order chi connectivity index (χ1) is 13.7. The summed E-state index contributed by atoms with van der Waals surface area (Å²) in [6, 6.07) is 8.86. The smallest absolute Gasteiger partial charge is 0.275 e. The molecule has 0 amide bonds. The molecule has 2 N–H and O–H groups in total. The standard InChI is InChI=1S/C19H21NO7S2/c1-20(28(23)10-8-14-4-6-16(21)18(12-14)26-2)29(24,25)11-9-15-5-7-17(22)19(13-15)27-3/h4-13,21-22H,1-3H3/b10-8-,11-9+. The minimum atomic E-state index is -3.98. The maximum atomic E-state index is 12.4. The average Bonchev–Trinajstić information content (AvgIpc) is 2.71. The van der Waals surface area contributed by atoms with Crippen molar-refractivity contribution >= 4 is 33.5 Å². The molecule has 0 fully saturated rings. The number of hydrogen-bond donors (Lipinski definition) is 2. The van der Waals surface area contributed by atoms with E-state index in [9.17, 15) is 23.2 Å². The van der Waals surface area contributed by atoms with Gasteiger partial charge in [-0.2, -0.15) is 0 Å². The van der Waals surface area contributed by atoms with Crippen molar-refractivity contribution in [2.45, 2.75) is 0 Å². The van der Waals surface area contributed by atoms with Gasteiger partial charge in [-0.1, -0.05) is 12.1 Å². The molecule has 156 valence electrons. The molecule has 0 aromatic heterocycles. The lowest BCUT2D eigenvalue weighted by Crippen LogP contribution is -2.30. The van der Waals surface area contributed by atoms with Crippen LogP contribution in [0, 0.1) is 0 Å². The molecule has 0 radical (unpaired) electrons. The fourth-order valence-electron chi connectivity index (χ4n) is 2.17. The number of phenols is 2. The van der Waals surface area contributed by atoms with Crippen molar-refractivity contribution in [2.75, 3.05) is 21.3 Å². The molecule has 0 aliphatic rings. The molecule has 0 spiro atoms. The van der Waals surface area contributed by atoms with E-state index in [-0.39, 0.29) is 23.0 Å². The van der Waals surface area contributed by atoms with Crippen LogP contribution in [0.25, 0.3) is 12.2 Å². The largest absolute Gasteiger partial charge is 0.592 e. The zero-order valence-corrected chi connectivity index (χ0v) is 17.6. The Morgan fingerprint density at radius 2 is 1.45 bits per heavy atom. The molecule has 2 aromatic rings. The van der Waals surface area contributed by atoms with Gasteiger partial charge < -0.3 is 24.2 Å². The van der Waals surface area contributed by atoms with Crippen LogP contribution < -0.4 is 9.47 Å². The van der Waals surface area contributed by atoms with E-state index in [1.165, 1.54) is 69.2 Å². The van der Waals surface area contributed by atoms with Crippen molar-refractivity contribution in [2.24, 2.45) is 0 Å².